The van der Waals surface area contributed by atoms with Crippen LogP contribution in [0.2, 0.25) is 0 Å². The van der Waals surface area contributed by atoms with Crippen molar-refractivity contribution in [3.63, 3.8) is 0 Å². The fourth-order valence-electron chi connectivity index (χ4n) is 1.28. The molecule has 0 fully saturated rings. The molecule has 0 saturated heterocycles. The Balaban J connectivity index is 2.85. The Labute approximate surface area is 89.5 Å². The number of aryl methyl sites for hydroxylation is 1. The first-order valence-electron chi connectivity index (χ1n) is 4.74. The summed E-state index contributed by atoms with van der Waals surface area (Å²) in [4.78, 5) is 15.3. The summed E-state index contributed by atoms with van der Waals surface area (Å²) < 4.78 is 4.59. The average molecular weight is 208 g/mol. The molecule has 1 aromatic heterocycles. The number of nitrogens with two attached hydrogens (primary N) is 1. The topological polar surface area (TPSA) is 65.2 Å². The monoisotopic (exact) mass is 208 g/mol. The maximum Gasteiger partial charge on any atom is 0.307 e. The molecule has 0 unspecified atom stereocenters. The first-order valence-corrected chi connectivity index (χ1v) is 4.74. The van der Waals surface area contributed by atoms with Crippen molar-refractivity contribution in [1.82, 2.24) is 4.98 Å². The van der Waals surface area contributed by atoms with Gasteiger partial charge in [-0.25, -0.2) is 0 Å². The summed E-state index contributed by atoms with van der Waals surface area (Å²) in [6.07, 6.45) is 1.84. The zero-order valence-electron chi connectivity index (χ0n) is 9.28. The maximum atomic E-state index is 11.1. The van der Waals surface area contributed by atoms with Gasteiger partial charge in [0.05, 0.1) is 19.1 Å². The predicted molar refractivity (Wildman–Crippen MR) is 57.1 cm³/mol. The second-order valence-corrected chi connectivity index (χ2v) is 3.86. The Kier molecular flexibility index (Phi) is 3.42. The third-order valence-electron chi connectivity index (χ3n) is 2.31. The third kappa shape index (κ3) is 3.02. The van der Waals surface area contributed by atoms with E-state index >= 15 is 0 Å². The molecule has 1 heterocycles. The highest BCUT2D eigenvalue weighted by atomic mass is 16.5. The molecular formula is C11H16N2O2. The highest BCUT2D eigenvalue weighted by molar-refractivity contribution is 5.71. The van der Waals surface area contributed by atoms with Crippen molar-refractivity contribution in [3.05, 3.63) is 29.6 Å². The molecule has 0 aliphatic rings. The third-order valence-corrected chi connectivity index (χ3v) is 2.31. The number of pyridine rings is 1. The van der Waals surface area contributed by atoms with Gasteiger partial charge in [0.25, 0.3) is 0 Å². The van der Waals surface area contributed by atoms with Crippen LogP contribution < -0.4 is 5.73 Å². The molecule has 1 atom stereocenters. The number of esters is 1. The van der Waals surface area contributed by atoms with Crippen LogP contribution in [0.15, 0.2) is 18.3 Å². The molecule has 0 aromatic carbocycles. The summed E-state index contributed by atoms with van der Waals surface area (Å²) in [5.74, 6) is -0.319. The summed E-state index contributed by atoms with van der Waals surface area (Å²) in [7, 11) is 1.35. The van der Waals surface area contributed by atoms with Gasteiger partial charge in [0, 0.05) is 11.9 Å². The van der Waals surface area contributed by atoms with Gasteiger partial charge in [0.2, 0.25) is 0 Å². The summed E-state index contributed by atoms with van der Waals surface area (Å²) >= 11 is 0. The molecule has 0 bridgehead atoms. The Morgan fingerprint density at radius 2 is 2.27 bits per heavy atom. The van der Waals surface area contributed by atoms with Crippen LogP contribution in [0.3, 0.4) is 0 Å². The second-order valence-electron chi connectivity index (χ2n) is 3.86. The Bertz CT molecular complexity index is 344. The minimum Gasteiger partial charge on any atom is -0.469 e. The lowest BCUT2D eigenvalue weighted by molar-refractivity contribution is -0.141. The summed E-state index contributed by atoms with van der Waals surface area (Å²) in [6.45, 7) is 3.69. The van der Waals surface area contributed by atoms with Crippen molar-refractivity contribution in [2.75, 3.05) is 7.11 Å². The molecule has 0 amide bonds. The predicted octanol–water partition coefficient (Wildman–Crippen LogP) is 1.13. The van der Waals surface area contributed by atoms with E-state index in [0.717, 1.165) is 11.3 Å². The summed E-state index contributed by atoms with van der Waals surface area (Å²) in [5, 5.41) is 0. The smallest absolute Gasteiger partial charge is 0.307 e. The van der Waals surface area contributed by atoms with Crippen LogP contribution >= 0.6 is 0 Å². The van der Waals surface area contributed by atoms with E-state index < -0.39 is 5.54 Å². The van der Waals surface area contributed by atoms with Gasteiger partial charge < -0.3 is 10.5 Å². The van der Waals surface area contributed by atoms with E-state index in [2.05, 4.69) is 9.72 Å². The molecule has 0 aliphatic carbocycles. The fraction of sp³-hybridized carbons (Fsp3) is 0.455. The van der Waals surface area contributed by atoms with Crippen LogP contribution in [0.25, 0.3) is 0 Å². The largest absolute Gasteiger partial charge is 0.469 e. The molecule has 4 nitrogen and oxygen atoms in total. The highest BCUT2D eigenvalue weighted by Gasteiger charge is 2.25. The van der Waals surface area contributed by atoms with Gasteiger partial charge in [-0.05, 0) is 25.5 Å². The first kappa shape index (κ1) is 11.7. The van der Waals surface area contributed by atoms with E-state index in [0.29, 0.717) is 0 Å². The number of rotatable bonds is 3. The van der Waals surface area contributed by atoms with Crippen LogP contribution in [0, 0.1) is 6.92 Å². The fourth-order valence-corrected chi connectivity index (χ4v) is 1.28. The molecule has 1 rings (SSSR count). The highest BCUT2D eigenvalue weighted by Crippen LogP contribution is 2.21. The van der Waals surface area contributed by atoms with Crippen LogP contribution in [-0.2, 0) is 15.1 Å². The van der Waals surface area contributed by atoms with Gasteiger partial charge in [-0.1, -0.05) is 6.07 Å². The number of aromatic nitrogens is 1. The van der Waals surface area contributed by atoms with Crippen molar-refractivity contribution in [2.24, 2.45) is 5.73 Å². The number of hydrogen-bond acceptors (Lipinski definition) is 4. The van der Waals surface area contributed by atoms with Crippen LogP contribution in [0.1, 0.15) is 24.6 Å². The number of methoxy groups -OCH3 is 1. The standard InChI is InChI=1S/C11H16N2O2/c1-8-4-5-9(7-13-8)11(2,12)6-10(14)15-3/h4-5,7H,6,12H2,1-3H3/t11-/m0/s1. The van der Waals surface area contributed by atoms with E-state index in [4.69, 9.17) is 5.73 Å². The van der Waals surface area contributed by atoms with Crippen molar-refractivity contribution in [3.8, 4) is 0 Å². The lowest BCUT2D eigenvalue weighted by Crippen LogP contribution is -2.36. The van der Waals surface area contributed by atoms with Gasteiger partial charge >= 0.3 is 5.97 Å². The zero-order valence-corrected chi connectivity index (χ0v) is 9.28. The Morgan fingerprint density at radius 3 is 2.73 bits per heavy atom. The molecule has 0 aliphatic heterocycles. The van der Waals surface area contributed by atoms with Crippen molar-refractivity contribution >= 4 is 5.97 Å². The second kappa shape index (κ2) is 4.40. The SMILES string of the molecule is COC(=O)C[C@](C)(N)c1ccc(C)nc1. The van der Waals surface area contributed by atoms with Crippen LogP contribution in [0.4, 0.5) is 0 Å². The summed E-state index contributed by atoms with van der Waals surface area (Å²) in [5.41, 5.74) is 7.05. The van der Waals surface area contributed by atoms with Crippen molar-refractivity contribution < 1.29 is 9.53 Å². The average Bonchev–Trinajstić information content (AvgIpc) is 2.17. The number of ether oxygens (including phenoxy) is 1. The Hall–Kier alpha value is -1.42. The quantitative estimate of drug-likeness (QED) is 0.756. The van der Waals surface area contributed by atoms with Crippen LogP contribution in [0.5, 0.6) is 0 Å². The van der Waals surface area contributed by atoms with E-state index in [1.54, 1.807) is 13.1 Å². The maximum absolute atomic E-state index is 11.1. The van der Waals surface area contributed by atoms with Gasteiger partial charge in [0.1, 0.15) is 0 Å². The van der Waals surface area contributed by atoms with Crippen LogP contribution in [-0.4, -0.2) is 18.1 Å². The molecule has 2 N–H and O–H groups in total. The van der Waals surface area contributed by atoms with Gasteiger partial charge in [-0.3, -0.25) is 9.78 Å². The summed E-state index contributed by atoms with van der Waals surface area (Å²) in [6, 6.07) is 3.75. The zero-order chi connectivity index (χ0) is 11.5. The first-order chi connectivity index (χ1) is 6.95. The molecule has 4 heteroatoms. The van der Waals surface area contributed by atoms with Crippen molar-refractivity contribution in [1.29, 1.82) is 0 Å². The number of nitrogens with zero attached hydrogens (tertiary/aromatic N) is 1. The molecule has 0 radical (unpaired) electrons. The van der Waals surface area contributed by atoms with E-state index in [1.807, 2.05) is 19.1 Å². The normalized spacial score (nSPS) is 14.4. The van der Waals surface area contributed by atoms with E-state index in [1.165, 1.54) is 7.11 Å². The minimum absolute atomic E-state index is 0.147. The van der Waals surface area contributed by atoms with Crippen molar-refractivity contribution in [2.45, 2.75) is 25.8 Å². The van der Waals surface area contributed by atoms with Gasteiger partial charge in [-0.2, -0.15) is 0 Å². The number of hydrogen-bond donors (Lipinski definition) is 1. The van der Waals surface area contributed by atoms with E-state index in [-0.39, 0.29) is 12.4 Å². The molecular weight excluding hydrogens is 192 g/mol. The Morgan fingerprint density at radius 1 is 1.60 bits per heavy atom. The van der Waals surface area contributed by atoms with E-state index in [9.17, 15) is 4.79 Å². The molecule has 0 saturated carbocycles. The number of carbonyl (C=O) groups excluding carboxylic acids is 1. The van der Waals surface area contributed by atoms with Gasteiger partial charge in [0.15, 0.2) is 0 Å². The molecule has 1 aromatic rings. The van der Waals surface area contributed by atoms with Gasteiger partial charge in [-0.15, -0.1) is 0 Å². The minimum atomic E-state index is -0.728. The molecule has 82 valence electrons. The number of carbonyl (C=O) groups is 1. The molecule has 15 heavy (non-hydrogen) atoms. The lowest BCUT2D eigenvalue weighted by atomic mass is 9.91. The molecule has 0 spiro atoms. The lowest BCUT2D eigenvalue weighted by Gasteiger charge is -2.23.